The zero-order valence-corrected chi connectivity index (χ0v) is 8.86. The Morgan fingerprint density at radius 3 is 3.00 bits per heavy atom. The van der Waals surface area contributed by atoms with Gasteiger partial charge in [-0.05, 0) is 11.4 Å². The van der Waals surface area contributed by atoms with Gasteiger partial charge in [0.15, 0.2) is 0 Å². The minimum absolute atomic E-state index is 0.394. The van der Waals surface area contributed by atoms with E-state index in [1.54, 1.807) is 11.3 Å². The highest BCUT2D eigenvalue weighted by molar-refractivity contribution is 7.15. The van der Waals surface area contributed by atoms with Gasteiger partial charge in [-0.15, -0.1) is 22.7 Å². The molecule has 0 amide bonds. The number of hydrogen-bond donors (Lipinski definition) is 1. The van der Waals surface area contributed by atoms with Gasteiger partial charge in [-0.25, -0.2) is 4.98 Å². The van der Waals surface area contributed by atoms with Gasteiger partial charge in [-0.2, -0.15) is 5.26 Å². The predicted molar refractivity (Wildman–Crippen MR) is 58.0 cm³/mol. The first-order chi connectivity index (χ1) is 6.85. The summed E-state index contributed by atoms with van der Waals surface area (Å²) in [5.74, 6) is 0. The Kier molecular flexibility index (Phi) is 2.59. The number of aromatic nitrogens is 1. The minimum atomic E-state index is 0.394. The fraction of sp³-hybridized carbons (Fsp3) is 0.111. The van der Waals surface area contributed by atoms with E-state index >= 15 is 0 Å². The van der Waals surface area contributed by atoms with Crippen LogP contribution in [0.5, 0.6) is 0 Å². The second kappa shape index (κ2) is 3.88. The highest BCUT2D eigenvalue weighted by Crippen LogP contribution is 2.30. The number of hydrogen-bond acceptors (Lipinski definition) is 5. The smallest absolute Gasteiger partial charge is 0.133 e. The number of thiazole rings is 1. The molecule has 0 bridgehead atoms. The van der Waals surface area contributed by atoms with Gasteiger partial charge in [0.2, 0.25) is 0 Å². The van der Waals surface area contributed by atoms with Crippen molar-refractivity contribution in [2.45, 2.75) is 6.54 Å². The minimum Gasteiger partial charge on any atom is -0.325 e. The average Bonchev–Trinajstić information content (AvgIpc) is 2.85. The Balaban J connectivity index is 2.53. The van der Waals surface area contributed by atoms with Crippen molar-refractivity contribution >= 4 is 22.7 Å². The molecule has 2 N–H and O–H groups in total. The lowest BCUT2D eigenvalue weighted by Gasteiger charge is -1.88. The summed E-state index contributed by atoms with van der Waals surface area (Å²) in [4.78, 5) is 6.00. The molecule has 0 aliphatic heterocycles. The van der Waals surface area contributed by atoms with Crippen LogP contribution in [-0.2, 0) is 6.54 Å². The lowest BCUT2D eigenvalue weighted by Crippen LogP contribution is -1.94. The van der Waals surface area contributed by atoms with E-state index in [0.717, 1.165) is 15.6 Å². The molecule has 0 spiro atoms. The number of rotatable bonds is 2. The van der Waals surface area contributed by atoms with Crippen molar-refractivity contribution in [2.24, 2.45) is 5.73 Å². The predicted octanol–water partition coefficient (Wildman–Crippen LogP) is 2.20. The van der Waals surface area contributed by atoms with E-state index in [-0.39, 0.29) is 0 Å². The molecule has 5 heteroatoms. The van der Waals surface area contributed by atoms with Crippen molar-refractivity contribution in [3.05, 3.63) is 27.4 Å². The second-order valence-electron chi connectivity index (χ2n) is 2.58. The summed E-state index contributed by atoms with van der Waals surface area (Å²) < 4.78 is 0. The monoisotopic (exact) mass is 221 g/mol. The average molecular weight is 221 g/mol. The Morgan fingerprint density at radius 1 is 1.57 bits per heavy atom. The molecule has 2 heterocycles. The molecule has 0 saturated carbocycles. The molecule has 0 unspecified atom stereocenters. The molecular weight excluding hydrogens is 214 g/mol. The van der Waals surface area contributed by atoms with E-state index in [4.69, 9.17) is 11.0 Å². The van der Waals surface area contributed by atoms with Gasteiger partial charge in [-0.1, -0.05) is 6.07 Å². The van der Waals surface area contributed by atoms with Crippen LogP contribution in [0.2, 0.25) is 0 Å². The van der Waals surface area contributed by atoms with E-state index < -0.39 is 0 Å². The third kappa shape index (κ3) is 1.55. The fourth-order valence-corrected chi connectivity index (χ4v) is 2.65. The molecule has 2 rings (SSSR count). The van der Waals surface area contributed by atoms with Gasteiger partial charge in [0.1, 0.15) is 21.6 Å². The maximum Gasteiger partial charge on any atom is 0.133 e. The van der Waals surface area contributed by atoms with E-state index in [2.05, 4.69) is 11.1 Å². The SMILES string of the molecule is N#Cc1sc(CN)nc1-c1cccs1. The van der Waals surface area contributed by atoms with Crippen molar-refractivity contribution in [3.8, 4) is 16.6 Å². The molecule has 0 atom stereocenters. The number of nitriles is 1. The van der Waals surface area contributed by atoms with Crippen molar-refractivity contribution in [1.29, 1.82) is 5.26 Å². The zero-order valence-electron chi connectivity index (χ0n) is 7.23. The molecule has 0 saturated heterocycles. The van der Waals surface area contributed by atoms with Crippen molar-refractivity contribution in [3.63, 3.8) is 0 Å². The molecule has 0 aromatic carbocycles. The molecule has 70 valence electrons. The lowest BCUT2D eigenvalue weighted by molar-refractivity contribution is 1.04. The highest BCUT2D eigenvalue weighted by atomic mass is 32.1. The van der Waals surface area contributed by atoms with Crippen LogP contribution in [0.4, 0.5) is 0 Å². The molecule has 0 fully saturated rings. The highest BCUT2D eigenvalue weighted by Gasteiger charge is 2.12. The quantitative estimate of drug-likeness (QED) is 0.845. The summed E-state index contributed by atoms with van der Waals surface area (Å²) in [5, 5.41) is 11.7. The maximum atomic E-state index is 8.91. The molecule has 3 nitrogen and oxygen atoms in total. The van der Waals surface area contributed by atoms with Crippen molar-refractivity contribution in [2.75, 3.05) is 0 Å². The Labute approximate surface area is 89.5 Å². The van der Waals surface area contributed by atoms with Crippen LogP contribution in [0, 0.1) is 11.3 Å². The van der Waals surface area contributed by atoms with Gasteiger partial charge in [0.25, 0.3) is 0 Å². The summed E-state index contributed by atoms with van der Waals surface area (Å²) in [6, 6.07) is 6.05. The number of thiophene rings is 1. The van der Waals surface area contributed by atoms with Crippen LogP contribution in [0.25, 0.3) is 10.6 Å². The van der Waals surface area contributed by atoms with Crippen LogP contribution in [0.3, 0.4) is 0 Å². The second-order valence-corrected chi connectivity index (χ2v) is 4.61. The first kappa shape index (κ1) is 9.34. The molecule has 2 aromatic rings. The standard InChI is InChI=1S/C9H7N3S2/c10-4-7-9(6-2-1-3-13-6)12-8(5-11)14-7/h1-3H,5,11H2. The summed E-state index contributed by atoms with van der Waals surface area (Å²) in [6.45, 7) is 0.394. The molecule has 0 radical (unpaired) electrons. The van der Waals surface area contributed by atoms with Crippen molar-refractivity contribution < 1.29 is 0 Å². The lowest BCUT2D eigenvalue weighted by atomic mass is 10.3. The normalized spacial score (nSPS) is 10.0. The van der Waals surface area contributed by atoms with Crippen LogP contribution in [-0.4, -0.2) is 4.98 Å². The van der Waals surface area contributed by atoms with Gasteiger partial charge >= 0.3 is 0 Å². The summed E-state index contributed by atoms with van der Waals surface area (Å²) in [5.41, 5.74) is 6.25. The van der Waals surface area contributed by atoms with Crippen LogP contribution in [0.15, 0.2) is 17.5 Å². The Hall–Kier alpha value is -1.22. The van der Waals surface area contributed by atoms with Crippen molar-refractivity contribution in [1.82, 2.24) is 4.98 Å². The van der Waals surface area contributed by atoms with Gasteiger partial charge in [0.05, 0.1) is 4.88 Å². The Bertz CT molecular complexity index is 465. The van der Waals surface area contributed by atoms with E-state index in [1.807, 2.05) is 17.5 Å². The molecule has 0 aliphatic carbocycles. The van der Waals surface area contributed by atoms with E-state index in [9.17, 15) is 0 Å². The van der Waals surface area contributed by atoms with Crippen LogP contribution >= 0.6 is 22.7 Å². The largest absolute Gasteiger partial charge is 0.325 e. The van der Waals surface area contributed by atoms with Gasteiger partial charge < -0.3 is 5.73 Å². The van der Waals surface area contributed by atoms with Crippen LogP contribution in [0.1, 0.15) is 9.88 Å². The summed E-state index contributed by atoms with van der Waals surface area (Å²) in [7, 11) is 0. The topological polar surface area (TPSA) is 62.7 Å². The number of nitrogens with zero attached hydrogens (tertiary/aromatic N) is 2. The molecule has 14 heavy (non-hydrogen) atoms. The first-order valence-electron chi connectivity index (χ1n) is 3.99. The zero-order chi connectivity index (χ0) is 9.97. The van der Waals surface area contributed by atoms with Gasteiger partial charge in [0, 0.05) is 6.54 Å². The fourth-order valence-electron chi connectivity index (χ4n) is 1.11. The maximum absolute atomic E-state index is 8.91. The Morgan fingerprint density at radius 2 is 2.43 bits per heavy atom. The molecule has 0 aliphatic rings. The first-order valence-corrected chi connectivity index (χ1v) is 5.68. The van der Waals surface area contributed by atoms with Gasteiger partial charge in [-0.3, -0.25) is 0 Å². The van der Waals surface area contributed by atoms with E-state index in [1.165, 1.54) is 11.3 Å². The number of nitrogens with two attached hydrogens (primary N) is 1. The summed E-state index contributed by atoms with van der Waals surface area (Å²) >= 11 is 2.95. The molecular formula is C9H7N3S2. The van der Waals surface area contributed by atoms with Crippen LogP contribution < -0.4 is 5.73 Å². The third-order valence-corrected chi connectivity index (χ3v) is 3.56. The molecule has 2 aromatic heterocycles. The third-order valence-electron chi connectivity index (χ3n) is 1.70. The van der Waals surface area contributed by atoms with E-state index in [0.29, 0.717) is 11.4 Å². The summed E-state index contributed by atoms with van der Waals surface area (Å²) in [6.07, 6.45) is 0.